The molecule has 1 aliphatic carbocycles. The number of carbonyl (C=O) groups excluding carboxylic acids is 1. The minimum absolute atomic E-state index is 0.103. The summed E-state index contributed by atoms with van der Waals surface area (Å²) in [6.45, 7) is 6.90. The van der Waals surface area contributed by atoms with Crippen LogP contribution in [-0.4, -0.2) is 12.1 Å². The molecule has 2 heteroatoms. The van der Waals surface area contributed by atoms with Crippen LogP contribution in [-0.2, 0) is 4.74 Å². The minimum Gasteiger partial charge on any atom is -0.459 e. The van der Waals surface area contributed by atoms with Crippen LogP contribution in [0.25, 0.3) is 0 Å². The highest BCUT2D eigenvalue weighted by molar-refractivity contribution is 5.89. The highest BCUT2D eigenvalue weighted by Gasteiger charge is 2.31. The Hall–Kier alpha value is -1.31. The fourth-order valence-corrected chi connectivity index (χ4v) is 2.84. The molecule has 0 bridgehead atoms. The summed E-state index contributed by atoms with van der Waals surface area (Å²) in [5, 5.41) is 0. The van der Waals surface area contributed by atoms with Crippen molar-refractivity contribution in [3.63, 3.8) is 0 Å². The Morgan fingerprint density at radius 1 is 1.05 bits per heavy atom. The third-order valence-corrected chi connectivity index (χ3v) is 4.18. The largest absolute Gasteiger partial charge is 0.459 e. The van der Waals surface area contributed by atoms with Crippen LogP contribution < -0.4 is 0 Å². The lowest BCUT2D eigenvalue weighted by Crippen LogP contribution is -2.30. The van der Waals surface area contributed by atoms with E-state index in [0.717, 1.165) is 31.6 Å². The Kier molecular flexibility index (Phi) is 4.28. The normalized spacial score (nSPS) is 23.9. The molecule has 1 aliphatic rings. The molecule has 1 fully saturated rings. The van der Waals surface area contributed by atoms with Gasteiger partial charge in [-0.2, -0.15) is 0 Å². The van der Waals surface area contributed by atoms with E-state index in [9.17, 15) is 4.79 Å². The second-order valence-corrected chi connectivity index (χ2v) is 6.61. The van der Waals surface area contributed by atoms with Crippen LogP contribution in [0.1, 0.15) is 56.8 Å². The quantitative estimate of drug-likeness (QED) is 0.734. The molecule has 0 unspecified atom stereocenters. The zero-order valence-electron chi connectivity index (χ0n) is 12.2. The molecule has 2 nitrogen and oxygen atoms in total. The van der Waals surface area contributed by atoms with Crippen molar-refractivity contribution in [1.82, 2.24) is 0 Å². The predicted molar refractivity (Wildman–Crippen MR) is 77.1 cm³/mol. The predicted octanol–water partition coefficient (Wildman–Crippen LogP) is 4.45. The standard InChI is InChI=1S/C17H24O2/c1-17(2,3)14-9-11-15(12-10-14)19-16(18)13-7-5-4-6-8-13/h4-8,14-15H,9-12H2,1-3H3. The number of carbonyl (C=O) groups is 1. The van der Waals surface area contributed by atoms with Gasteiger partial charge in [-0.05, 0) is 49.1 Å². The molecule has 0 aromatic heterocycles. The van der Waals surface area contributed by atoms with Crippen molar-refractivity contribution in [3.05, 3.63) is 35.9 Å². The molecule has 0 aliphatic heterocycles. The molecule has 0 N–H and O–H groups in total. The van der Waals surface area contributed by atoms with Gasteiger partial charge < -0.3 is 4.74 Å². The van der Waals surface area contributed by atoms with Crippen molar-refractivity contribution >= 4 is 5.97 Å². The average Bonchev–Trinajstić information content (AvgIpc) is 2.39. The van der Waals surface area contributed by atoms with Gasteiger partial charge in [-0.25, -0.2) is 4.79 Å². The minimum atomic E-state index is -0.181. The van der Waals surface area contributed by atoms with E-state index in [2.05, 4.69) is 20.8 Å². The van der Waals surface area contributed by atoms with E-state index >= 15 is 0 Å². The Labute approximate surface area is 116 Å². The molecule has 1 aromatic carbocycles. The van der Waals surface area contributed by atoms with Crippen LogP contribution in [0.2, 0.25) is 0 Å². The van der Waals surface area contributed by atoms with Crippen molar-refractivity contribution in [2.75, 3.05) is 0 Å². The third-order valence-electron chi connectivity index (χ3n) is 4.18. The van der Waals surface area contributed by atoms with Crippen molar-refractivity contribution < 1.29 is 9.53 Å². The molecule has 0 heterocycles. The topological polar surface area (TPSA) is 26.3 Å². The third kappa shape index (κ3) is 3.82. The van der Waals surface area contributed by atoms with Gasteiger partial charge in [0.05, 0.1) is 5.56 Å². The van der Waals surface area contributed by atoms with Gasteiger partial charge >= 0.3 is 5.97 Å². The van der Waals surface area contributed by atoms with Crippen LogP contribution in [0, 0.1) is 11.3 Å². The molecule has 0 radical (unpaired) electrons. The maximum absolute atomic E-state index is 12.0. The first kappa shape index (κ1) is 14.1. The molecule has 0 spiro atoms. The molecule has 1 saturated carbocycles. The van der Waals surface area contributed by atoms with E-state index in [0.29, 0.717) is 11.0 Å². The maximum Gasteiger partial charge on any atom is 0.338 e. The molecule has 0 amide bonds. The summed E-state index contributed by atoms with van der Waals surface area (Å²) in [5.74, 6) is 0.569. The Morgan fingerprint density at radius 2 is 1.63 bits per heavy atom. The fraction of sp³-hybridized carbons (Fsp3) is 0.588. The van der Waals surface area contributed by atoms with E-state index in [1.54, 1.807) is 0 Å². The summed E-state index contributed by atoms with van der Waals surface area (Å²) in [6.07, 6.45) is 4.43. The number of ether oxygens (including phenoxy) is 1. The van der Waals surface area contributed by atoms with Crippen molar-refractivity contribution in [3.8, 4) is 0 Å². The summed E-state index contributed by atoms with van der Waals surface area (Å²) in [7, 11) is 0. The number of esters is 1. The SMILES string of the molecule is CC(C)(C)C1CCC(OC(=O)c2ccccc2)CC1. The van der Waals surface area contributed by atoms with Crippen LogP contribution in [0.5, 0.6) is 0 Å². The van der Waals surface area contributed by atoms with Crippen molar-refractivity contribution in [2.45, 2.75) is 52.6 Å². The van der Waals surface area contributed by atoms with Gasteiger partial charge in [0, 0.05) is 0 Å². The van der Waals surface area contributed by atoms with E-state index in [4.69, 9.17) is 4.74 Å². The number of hydrogen-bond acceptors (Lipinski definition) is 2. The molecular weight excluding hydrogens is 236 g/mol. The second kappa shape index (κ2) is 5.77. The van der Waals surface area contributed by atoms with Crippen LogP contribution in [0.15, 0.2) is 30.3 Å². The zero-order valence-corrected chi connectivity index (χ0v) is 12.2. The summed E-state index contributed by atoms with van der Waals surface area (Å²) in [6, 6.07) is 9.26. The lowest BCUT2D eigenvalue weighted by molar-refractivity contribution is 0.00929. The first-order valence-electron chi connectivity index (χ1n) is 7.23. The smallest absolute Gasteiger partial charge is 0.338 e. The molecule has 0 saturated heterocycles. The van der Waals surface area contributed by atoms with Gasteiger partial charge in [0.15, 0.2) is 0 Å². The van der Waals surface area contributed by atoms with Crippen LogP contribution in [0.4, 0.5) is 0 Å². The highest BCUT2D eigenvalue weighted by Crippen LogP contribution is 2.38. The van der Waals surface area contributed by atoms with E-state index in [1.165, 1.54) is 0 Å². The van der Waals surface area contributed by atoms with Gasteiger partial charge in [-0.15, -0.1) is 0 Å². The van der Waals surface area contributed by atoms with Gasteiger partial charge in [-0.3, -0.25) is 0 Å². The Balaban J connectivity index is 1.85. The molecule has 1 aromatic rings. The Morgan fingerprint density at radius 3 is 2.16 bits per heavy atom. The highest BCUT2D eigenvalue weighted by atomic mass is 16.5. The first-order chi connectivity index (χ1) is 8.97. The van der Waals surface area contributed by atoms with Crippen molar-refractivity contribution in [2.24, 2.45) is 11.3 Å². The van der Waals surface area contributed by atoms with Gasteiger partial charge in [0.25, 0.3) is 0 Å². The molecule has 104 valence electrons. The summed E-state index contributed by atoms with van der Waals surface area (Å²) in [4.78, 5) is 12.0. The summed E-state index contributed by atoms with van der Waals surface area (Å²) >= 11 is 0. The summed E-state index contributed by atoms with van der Waals surface area (Å²) in [5.41, 5.74) is 1.02. The number of rotatable bonds is 2. The van der Waals surface area contributed by atoms with Crippen molar-refractivity contribution in [1.29, 1.82) is 0 Å². The monoisotopic (exact) mass is 260 g/mol. The summed E-state index contributed by atoms with van der Waals surface area (Å²) < 4.78 is 5.60. The molecule has 0 atom stereocenters. The molecule has 2 rings (SSSR count). The van der Waals surface area contributed by atoms with Gasteiger partial charge in [0.2, 0.25) is 0 Å². The van der Waals surface area contributed by atoms with Crippen LogP contribution >= 0.6 is 0 Å². The number of hydrogen-bond donors (Lipinski definition) is 0. The number of benzene rings is 1. The van der Waals surface area contributed by atoms with E-state index < -0.39 is 0 Å². The fourth-order valence-electron chi connectivity index (χ4n) is 2.84. The lowest BCUT2D eigenvalue weighted by atomic mass is 9.72. The molecule has 19 heavy (non-hydrogen) atoms. The second-order valence-electron chi connectivity index (χ2n) is 6.61. The average molecular weight is 260 g/mol. The van der Waals surface area contributed by atoms with Crippen LogP contribution in [0.3, 0.4) is 0 Å². The lowest BCUT2D eigenvalue weighted by Gasteiger charge is -2.36. The van der Waals surface area contributed by atoms with E-state index in [-0.39, 0.29) is 12.1 Å². The van der Waals surface area contributed by atoms with Gasteiger partial charge in [0.1, 0.15) is 6.10 Å². The Bertz CT molecular complexity index is 409. The zero-order chi connectivity index (χ0) is 13.9. The maximum atomic E-state index is 12.0. The molecular formula is C17H24O2. The van der Waals surface area contributed by atoms with E-state index in [1.807, 2.05) is 30.3 Å². The first-order valence-corrected chi connectivity index (χ1v) is 7.23. The van der Waals surface area contributed by atoms with Gasteiger partial charge in [-0.1, -0.05) is 39.0 Å².